The number of ether oxygens (including phenoxy) is 3. The minimum absolute atomic E-state index is 0.0346. The number of nitrogens with zero attached hydrogens (tertiary/aromatic N) is 2. The van der Waals surface area contributed by atoms with Crippen molar-refractivity contribution in [3.05, 3.63) is 33.9 Å². The standard InChI is InChI=1S/C19H27N3O7/c1-13(17(23)21-7-9-27-10-8-21)28-16-11-14(5-6-15(16)22(25)26)12-20-18(24)29-19(2,3)4/h5-6,11,13H,7-10,12H2,1-4H3,(H,20,24)/t13-/m0/s1. The summed E-state index contributed by atoms with van der Waals surface area (Å²) in [6.45, 7) is 8.69. The monoisotopic (exact) mass is 409 g/mol. The van der Waals surface area contributed by atoms with Crippen LogP contribution in [-0.2, 0) is 20.8 Å². The molecule has 1 fully saturated rings. The summed E-state index contributed by atoms with van der Waals surface area (Å²) in [7, 11) is 0. The molecule has 0 bridgehead atoms. The second kappa shape index (κ2) is 9.55. The van der Waals surface area contributed by atoms with E-state index in [0.717, 1.165) is 0 Å². The molecule has 1 N–H and O–H groups in total. The van der Waals surface area contributed by atoms with E-state index in [1.54, 1.807) is 32.6 Å². The lowest BCUT2D eigenvalue weighted by atomic mass is 10.2. The maximum atomic E-state index is 12.5. The Hall–Kier alpha value is -2.88. The smallest absolute Gasteiger partial charge is 0.407 e. The number of nitrogens with one attached hydrogen (secondary N) is 1. The van der Waals surface area contributed by atoms with Crippen molar-refractivity contribution in [3.8, 4) is 5.75 Å². The van der Waals surface area contributed by atoms with Crippen molar-refractivity contribution in [2.75, 3.05) is 26.3 Å². The molecule has 2 amide bonds. The first-order valence-electron chi connectivity index (χ1n) is 9.34. The molecule has 0 unspecified atom stereocenters. The van der Waals surface area contributed by atoms with Crippen LogP contribution in [0.3, 0.4) is 0 Å². The van der Waals surface area contributed by atoms with Gasteiger partial charge in [0.1, 0.15) is 5.60 Å². The third-order valence-electron chi connectivity index (χ3n) is 4.03. The average Bonchev–Trinajstić information content (AvgIpc) is 2.65. The van der Waals surface area contributed by atoms with Crippen molar-refractivity contribution in [1.82, 2.24) is 10.2 Å². The van der Waals surface area contributed by atoms with E-state index < -0.39 is 22.7 Å². The average molecular weight is 409 g/mol. The van der Waals surface area contributed by atoms with Crippen LogP contribution in [0, 0.1) is 10.1 Å². The van der Waals surface area contributed by atoms with Gasteiger partial charge in [-0.05, 0) is 39.3 Å². The summed E-state index contributed by atoms with van der Waals surface area (Å²) in [6.07, 6.45) is -1.50. The fraction of sp³-hybridized carbons (Fsp3) is 0.579. The predicted molar refractivity (Wildman–Crippen MR) is 104 cm³/mol. The zero-order chi connectivity index (χ0) is 21.6. The summed E-state index contributed by atoms with van der Waals surface area (Å²) >= 11 is 0. The van der Waals surface area contributed by atoms with E-state index in [4.69, 9.17) is 14.2 Å². The molecule has 1 aromatic rings. The Balaban J connectivity index is 2.08. The van der Waals surface area contributed by atoms with Gasteiger partial charge >= 0.3 is 11.8 Å². The Morgan fingerprint density at radius 3 is 2.55 bits per heavy atom. The van der Waals surface area contributed by atoms with Crippen molar-refractivity contribution in [2.45, 2.75) is 45.9 Å². The summed E-state index contributed by atoms with van der Waals surface area (Å²) in [6, 6.07) is 4.24. The van der Waals surface area contributed by atoms with Gasteiger partial charge in [-0.15, -0.1) is 0 Å². The first kappa shape index (κ1) is 22.4. The fourth-order valence-corrected chi connectivity index (χ4v) is 2.68. The quantitative estimate of drug-likeness (QED) is 0.565. The van der Waals surface area contributed by atoms with Gasteiger partial charge in [0.25, 0.3) is 5.91 Å². The molecule has 1 atom stereocenters. The largest absolute Gasteiger partial charge is 0.474 e. The van der Waals surface area contributed by atoms with Gasteiger partial charge in [0.15, 0.2) is 11.9 Å². The van der Waals surface area contributed by atoms with Crippen LogP contribution in [-0.4, -0.2) is 59.8 Å². The molecule has 0 spiro atoms. The zero-order valence-corrected chi connectivity index (χ0v) is 17.1. The first-order chi connectivity index (χ1) is 13.6. The van der Waals surface area contributed by atoms with Gasteiger partial charge < -0.3 is 24.4 Å². The highest BCUT2D eigenvalue weighted by atomic mass is 16.6. The fourth-order valence-electron chi connectivity index (χ4n) is 2.68. The number of nitro benzene ring substituents is 1. The topological polar surface area (TPSA) is 120 Å². The second-order valence-electron chi connectivity index (χ2n) is 7.61. The van der Waals surface area contributed by atoms with Crippen LogP contribution in [0.1, 0.15) is 33.3 Å². The van der Waals surface area contributed by atoms with Crippen LogP contribution in [0.4, 0.5) is 10.5 Å². The lowest BCUT2D eigenvalue weighted by Crippen LogP contribution is -2.46. The van der Waals surface area contributed by atoms with E-state index in [1.807, 2.05) is 0 Å². The SMILES string of the molecule is C[C@H](Oc1cc(CNC(=O)OC(C)(C)C)ccc1[N+](=O)[O-])C(=O)N1CCOCC1. The summed E-state index contributed by atoms with van der Waals surface area (Å²) in [5.74, 6) is -0.299. The number of carbonyl (C=O) groups excluding carboxylic acids is 2. The van der Waals surface area contributed by atoms with E-state index in [1.165, 1.54) is 18.2 Å². The zero-order valence-electron chi connectivity index (χ0n) is 17.1. The highest BCUT2D eigenvalue weighted by molar-refractivity contribution is 5.81. The molecule has 1 aliphatic rings. The van der Waals surface area contributed by atoms with Crippen molar-refractivity contribution < 1.29 is 28.7 Å². The summed E-state index contributed by atoms with van der Waals surface area (Å²) < 4.78 is 16.0. The van der Waals surface area contributed by atoms with E-state index in [9.17, 15) is 19.7 Å². The van der Waals surface area contributed by atoms with Gasteiger partial charge in [-0.3, -0.25) is 14.9 Å². The van der Waals surface area contributed by atoms with Gasteiger partial charge in [-0.25, -0.2) is 4.79 Å². The van der Waals surface area contributed by atoms with E-state index >= 15 is 0 Å². The molecule has 10 nitrogen and oxygen atoms in total. The van der Waals surface area contributed by atoms with E-state index in [0.29, 0.717) is 31.9 Å². The van der Waals surface area contributed by atoms with Gasteiger partial charge in [0.05, 0.1) is 18.1 Å². The number of nitro groups is 1. The maximum Gasteiger partial charge on any atom is 0.407 e. The van der Waals surface area contributed by atoms with Crippen LogP contribution in [0.25, 0.3) is 0 Å². The predicted octanol–water partition coefficient (Wildman–Crippen LogP) is 2.25. The Labute approximate surface area is 169 Å². The van der Waals surface area contributed by atoms with Crippen LogP contribution in [0.15, 0.2) is 18.2 Å². The number of morpholine rings is 1. The number of rotatable bonds is 6. The second-order valence-corrected chi connectivity index (χ2v) is 7.61. The molecule has 160 valence electrons. The Morgan fingerprint density at radius 1 is 1.31 bits per heavy atom. The molecular weight excluding hydrogens is 382 g/mol. The number of alkyl carbamates (subject to hydrolysis) is 1. The van der Waals surface area contributed by atoms with Gasteiger partial charge in [0, 0.05) is 25.7 Å². The number of carbonyl (C=O) groups is 2. The van der Waals surface area contributed by atoms with Crippen molar-refractivity contribution in [1.29, 1.82) is 0 Å². The van der Waals surface area contributed by atoms with Crippen molar-refractivity contribution >= 4 is 17.7 Å². The van der Waals surface area contributed by atoms with Gasteiger partial charge in [-0.2, -0.15) is 0 Å². The molecule has 29 heavy (non-hydrogen) atoms. The summed E-state index contributed by atoms with van der Waals surface area (Å²) in [5.41, 5.74) is -0.321. The Kier molecular flexibility index (Phi) is 7.38. The first-order valence-corrected chi connectivity index (χ1v) is 9.34. The molecule has 0 saturated carbocycles. The van der Waals surface area contributed by atoms with Crippen molar-refractivity contribution in [2.24, 2.45) is 0 Å². The molecular formula is C19H27N3O7. The van der Waals surface area contributed by atoms with Gasteiger partial charge in [0.2, 0.25) is 0 Å². The van der Waals surface area contributed by atoms with E-state index in [2.05, 4.69) is 5.32 Å². The molecule has 0 aliphatic carbocycles. The lowest BCUT2D eigenvalue weighted by molar-refractivity contribution is -0.386. The minimum atomic E-state index is -0.902. The highest BCUT2D eigenvalue weighted by Crippen LogP contribution is 2.29. The Bertz CT molecular complexity index is 755. The summed E-state index contributed by atoms with van der Waals surface area (Å²) in [5, 5.41) is 13.9. The third kappa shape index (κ3) is 6.90. The lowest BCUT2D eigenvalue weighted by Gasteiger charge is -2.29. The molecule has 0 radical (unpaired) electrons. The molecule has 1 saturated heterocycles. The molecule has 1 aliphatic heterocycles. The van der Waals surface area contributed by atoms with Crippen LogP contribution >= 0.6 is 0 Å². The number of benzene rings is 1. The molecule has 1 heterocycles. The normalized spacial score (nSPS) is 15.4. The maximum absolute atomic E-state index is 12.5. The Morgan fingerprint density at radius 2 is 1.97 bits per heavy atom. The molecule has 2 rings (SSSR count). The molecule has 10 heteroatoms. The van der Waals surface area contributed by atoms with Crippen LogP contribution in [0.5, 0.6) is 5.75 Å². The van der Waals surface area contributed by atoms with Crippen molar-refractivity contribution in [3.63, 3.8) is 0 Å². The van der Waals surface area contributed by atoms with Crippen LogP contribution in [0.2, 0.25) is 0 Å². The minimum Gasteiger partial charge on any atom is -0.474 e. The van der Waals surface area contributed by atoms with Gasteiger partial charge in [-0.1, -0.05) is 6.07 Å². The third-order valence-corrected chi connectivity index (χ3v) is 4.03. The number of hydrogen-bond acceptors (Lipinski definition) is 7. The number of amides is 2. The molecule has 1 aromatic carbocycles. The molecule has 0 aromatic heterocycles. The highest BCUT2D eigenvalue weighted by Gasteiger charge is 2.26. The summed E-state index contributed by atoms with van der Waals surface area (Å²) in [4.78, 5) is 36.7. The number of hydrogen-bond donors (Lipinski definition) is 1. The van der Waals surface area contributed by atoms with Crippen LogP contribution < -0.4 is 10.1 Å². The van der Waals surface area contributed by atoms with E-state index in [-0.39, 0.29) is 23.9 Å².